The van der Waals surface area contributed by atoms with Crippen molar-refractivity contribution in [1.29, 1.82) is 0 Å². The summed E-state index contributed by atoms with van der Waals surface area (Å²) in [5.41, 5.74) is 10.6. The molecule has 0 amide bonds. The van der Waals surface area contributed by atoms with Crippen LogP contribution in [0.5, 0.6) is 0 Å². The van der Waals surface area contributed by atoms with Crippen molar-refractivity contribution in [2.24, 2.45) is 12.8 Å². The number of benzene rings is 1. The van der Waals surface area contributed by atoms with Gasteiger partial charge < -0.3 is 5.73 Å². The highest BCUT2D eigenvalue weighted by Crippen LogP contribution is 2.29. The van der Waals surface area contributed by atoms with E-state index in [4.69, 9.17) is 17.3 Å². The second-order valence-electron chi connectivity index (χ2n) is 5.02. The minimum atomic E-state index is -0.139. The van der Waals surface area contributed by atoms with E-state index in [2.05, 4.69) is 28.0 Å². The van der Waals surface area contributed by atoms with E-state index < -0.39 is 0 Å². The molecular weight excluding hydrogens is 338 g/mol. The van der Waals surface area contributed by atoms with Gasteiger partial charge in [-0.2, -0.15) is 5.10 Å². The Bertz CT molecular complexity index is 622. The predicted octanol–water partition coefficient (Wildman–Crippen LogP) is 3.95. The lowest BCUT2D eigenvalue weighted by molar-refractivity contribution is 0.637. The van der Waals surface area contributed by atoms with Crippen molar-refractivity contribution in [2.45, 2.75) is 32.7 Å². The summed E-state index contributed by atoms with van der Waals surface area (Å²) >= 11 is 9.91. The number of aryl methyl sites for hydroxylation is 3. The van der Waals surface area contributed by atoms with Crippen molar-refractivity contribution in [3.8, 4) is 0 Å². The maximum Gasteiger partial charge on any atom is 0.0766 e. The van der Waals surface area contributed by atoms with Crippen LogP contribution in [0.1, 0.15) is 35.5 Å². The molecule has 1 atom stereocenters. The third-order valence-electron chi connectivity index (χ3n) is 3.47. The molecule has 0 aliphatic rings. The molecule has 20 heavy (non-hydrogen) atoms. The van der Waals surface area contributed by atoms with Gasteiger partial charge >= 0.3 is 0 Å². The molecule has 2 N–H and O–H groups in total. The van der Waals surface area contributed by atoms with Gasteiger partial charge in [-0.3, -0.25) is 4.68 Å². The molecule has 0 fully saturated rings. The molecule has 1 unspecified atom stereocenters. The van der Waals surface area contributed by atoms with E-state index in [0.29, 0.717) is 6.42 Å². The van der Waals surface area contributed by atoms with Crippen LogP contribution in [0.3, 0.4) is 0 Å². The number of nitrogens with zero attached hydrogens (tertiary/aromatic N) is 2. The van der Waals surface area contributed by atoms with Crippen LogP contribution in [0.25, 0.3) is 0 Å². The highest BCUT2D eigenvalue weighted by molar-refractivity contribution is 9.10. The van der Waals surface area contributed by atoms with Crippen LogP contribution in [0.4, 0.5) is 0 Å². The molecule has 0 bridgehead atoms. The molecule has 0 saturated heterocycles. The van der Waals surface area contributed by atoms with Gasteiger partial charge in [0.05, 0.1) is 15.9 Å². The first-order chi connectivity index (χ1) is 9.43. The second-order valence-corrected chi connectivity index (χ2v) is 6.22. The van der Waals surface area contributed by atoms with Crippen molar-refractivity contribution in [2.75, 3.05) is 0 Å². The van der Waals surface area contributed by atoms with E-state index in [9.17, 15) is 0 Å². The molecular formula is C15H19BrClN3. The lowest BCUT2D eigenvalue weighted by Crippen LogP contribution is -2.16. The van der Waals surface area contributed by atoms with Crippen LogP contribution < -0.4 is 5.73 Å². The predicted molar refractivity (Wildman–Crippen MR) is 87.1 cm³/mol. The third-order valence-corrected chi connectivity index (χ3v) is 4.71. The fourth-order valence-electron chi connectivity index (χ4n) is 2.29. The minimum Gasteiger partial charge on any atom is -0.324 e. The molecule has 5 heteroatoms. The quantitative estimate of drug-likeness (QED) is 0.901. The zero-order chi connectivity index (χ0) is 14.9. The lowest BCUT2D eigenvalue weighted by Gasteiger charge is -2.15. The molecule has 2 rings (SSSR count). The zero-order valence-electron chi connectivity index (χ0n) is 12.0. The smallest absolute Gasteiger partial charge is 0.0766 e. The van der Waals surface area contributed by atoms with Gasteiger partial charge in [0, 0.05) is 24.5 Å². The Kier molecular flexibility index (Phi) is 4.89. The van der Waals surface area contributed by atoms with Gasteiger partial charge in [-0.15, -0.1) is 0 Å². The summed E-state index contributed by atoms with van der Waals surface area (Å²) in [4.78, 5) is 0. The second kappa shape index (κ2) is 6.29. The van der Waals surface area contributed by atoms with Crippen LogP contribution in [0.15, 0.2) is 22.7 Å². The number of nitrogens with two attached hydrogens (primary N) is 1. The van der Waals surface area contributed by atoms with Crippen molar-refractivity contribution >= 4 is 27.5 Å². The van der Waals surface area contributed by atoms with Crippen LogP contribution in [-0.2, 0) is 19.9 Å². The number of hydrogen-bond donors (Lipinski definition) is 1. The van der Waals surface area contributed by atoms with E-state index in [1.807, 2.05) is 36.9 Å². The summed E-state index contributed by atoms with van der Waals surface area (Å²) in [6.45, 7) is 4.11. The summed E-state index contributed by atoms with van der Waals surface area (Å²) in [7, 11) is 1.95. The van der Waals surface area contributed by atoms with Gasteiger partial charge in [0.15, 0.2) is 0 Å². The van der Waals surface area contributed by atoms with E-state index in [0.717, 1.165) is 38.4 Å². The van der Waals surface area contributed by atoms with Crippen LogP contribution in [0.2, 0.25) is 5.02 Å². The van der Waals surface area contributed by atoms with Gasteiger partial charge in [0.25, 0.3) is 0 Å². The fourth-order valence-corrected chi connectivity index (χ4v) is 3.45. The highest BCUT2D eigenvalue weighted by atomic mass is 79.9. The zero-order valence-corrected chi connectivity index (χ0v) is 14.3. The van der Waals surface area contributed by atoms with E-state index in [1.165, 1.54) is 0 Å². The van der Waals surface area contributed by atoms with E-state index in [1.54, 1.807) is 0 Å². The van der Waals surface area contributed by atoms with Gasteiger partial charge in [0.1, 0.15) is 0 Å². The number of aromatic nitrogens is 2. The summed E-state index contributed by atoms with van der Waals surface area (Å²) in [6.07, 6.45) is 1.60. The first kappa shape index (κ1) is 15.5. The molecule has 3 nitrogen and oxygen atoms in total. The Morgan fingerprint density at radius 3 is 2.70 bits per heavy atom. The molecule has 0 saturated carbocycles. The Morgan fingerprint density at radius 1 is 1.45 bits per heavy atom. The van der Waals surface area contributed by atoms with Crippen molar-refractivity contribution in [1.82, 2.24) is 9.78 Å². The standard InChI is InChI=1S/C15H19BrClN3/c1-4-13-15(16)14(20(3)19-13)8-12(18)10-6-5-9(2)7-11(10)17/h5-7,12H,4,8,18H2,1-3H3. The molecule has 0 spiro atoms. The Morgan fingerprint density at radius 2 is 2.15 bits per heavy atom. The molecule has 1 aromatic heterocycles. The first-order valence-electron chi connectivity index (χ1n) is 6.65. The fraction of sp³-hybridized carbons (Fsp3) is 0.400. The lowest BCUT2D eigenvalue weighted by atomic mass is 10.0. The topological polar surface area (TPSA) is 43.8 Å². The van der Waals surface area contributed by atoms with Crippen molar-refractivity contribution in [3.63, 3.8) is 0 Å². The van der Waals surface area contributed by atoms with Gasteiger partial charge in [0.2, 0.25) is 0 Å². The molecule has 0 aliphatic carbocycles. The molecule has 0 radical (unpaired) electrons. The molecule has 108 valence electrons. The monoisotopic (exact) mass is 355 g/mol. The average molecular weight is 357 g/mol. The summed E-state index contributed by atoms with van der Waals surface area (Å²) < 4.78 is 2.95. The maximum atomic E-state index is 6.32. The van der Waals surface area contributed by atoms with Gasteiger partial charge in [-0.05, 0) is 46.5 Å². The van der Waals surface area contributed by atoms with Crippen molar-refractivity contribution < 1.29 is 0 Å². The maximum absolute atomic E-state index is 6.32. The summed E-state index contributed by atoms with van der Waals surface area (Å²) in [5.74, 6) is 0. The van der Waals surface area contributed by atoms with Crippen molar-refractivity contribution in [3.05, 3.63) is 50.2 Å². The number of rotatable bonds is 4. The van der Waals surface area contributed by atoms with Gasteiger partial charge in [-0.25, -0.2) is 0 Å². The SMILES string of the molecule is CCc1nn(C)c(CC(N)c2ccc(C)cc2Cl)c1Br. The molecule has 1 heterocycles. The van der Waals surface area contributed by atoms with Crippen LogP contribution in [-0.4, -0.2) is 9.78 Å². The highest BCUT2D eigenvalue weighted by Gasteiger charge is 2.18. The molecule has 0 aliphatic heterocycles. The number of halogens is 2. The van der Waals surface area contributed by atoms with E-state index >= 15 is 0 Å². The normalized spacial score (nSPS) is 12.7. The van der Waals surface area contributed by atoms with Crippen LogP contribution >= 0.6 is 27.5 Å². The number of hydrogen-bond acceptors (Lipinski definition) is 2. The van der Waals surface area contributed by atoms with Crippen LogP contribution in [0, 0.1) is 6.92 Å². The third kappa shape index (κ3) is 3.08. The Labute approximate surface area is 133 Å². The van der Waals surface area contributed by atoms with E-state index in [-0.39, 0.29) is 6.04 Å². The Balaban J connectivity index is 2.27. The summed E-state index contributed by atoms with van der Waals surface area (Å²) in [5, 5.41) is 5.22. The van der Waals surface area contributed by atoms with Gasteiger partial charge in [-0.1, -0.05) is 30.7 Å². The largest absolute Gasteiger partial charge is 0.324 e. The molecule has 2 aromatic rings. The summed E-state index contributed by atoms with van der Waals surface area (Å²) in [6, 6.07) is 5.86. The minimum absolute atomic E-state index is 0.139. The molecule has 1 aromatic carbocycles. The first-order valence-corrected chi connectivity index (χ1v) is 7.83. The average Bonchev–Trinajstić information content (AvgIpc) is 2.66. The Hall–Kier alpha value is -0.840.